The minimum Gasteiger partial charge on any atom is -0.333 e. The second-order valence-electron chi connectivity index (χ2n) is 7.45. The van der Waals surface area contributed by atoms with Crippen LogP contribution in [0.1, 0.15) is 70.9 Å². The molecule has 140 valence electrons. The maximum atomic E-state index is 12.9. The third-order valence-electron chi connectivity index (χ3n) is 5.67. The summed E-state index contributed by atoms with van der Waals surface area (Å²) in [6, 6.07) is 4.74. The van der Waals surface area contributed by atoms with Crippen molar-refractivity contribution in [2.24, 2.45) is 0 Å². The van der Waals surface area contributed by atoms with Crippen LogP contribution in [-0.2, 0) is 13.0 Å². The molecule has 4 rings (SSSR count). The minimum atomic E-state index is 0.170. The summed E-state index contributed by atoms with van der Waals surface area (Å²) < 4.78 is 0. The molecule has 2 aromatic rings. The van der Waals surface area contributed by atoms with Crippen LogP contribution in [0.25, 0.3) is 0 Å². The molecular formula is C20H28N4OS. The van der Waals surface area contributed by atoms with Gasteiger partial charge in [0.25, 0.3) is 5.91 Å². The molecule has 5 nitrogen and oxygen atoms in total. The van der Waals surface area contributed by atoms with Gasteiger partial charge in [-0.3, -0.25) is 14.8 Å². The number of hydrogen-bond acceptors (Lipinski definition) is 4. The largest absolute Gasteiger partial charge is 0.333 e. The summed E-state index contributed by atoms with van der Waals surface area (Å²) in [5.74, 6) is 0.170. The quantitative estimate of drug-likeness (QED) is 0.780. The van der Waals surface area contributed by atoms with E-state index in [1.165, 1.54) is 55.8 Å². The average molecular weight is 373 g/mol. The van der Waals surface area contributed by atoms with Gasteiger partial charge >= 0.3 is 0 Å². The Labute approximate surface area is 159 Å². The number of carbonyl (C=O) groups is 1. The van der Waals surface area contributed by atoms with Crippen LogP contribution in [0.2, 0.25) is 0 Å². The van der Waals surface area contributed by atoms with Crippen molar-refractivity contribution in [3.63, 3.8) is 0 Å². The fourth-order valence-corrected chi connectivity index (χ4v) is 5.32. The van der Waals surface area contributed by atoms with Crippen LogP contribution >= 0.6 is 11.3 Å². The fourth-order valence-electron chi connectivity index (χ4n) is 4.18. The molecule has 1 saturated heterocycles. The molecule has 1 atom stereocenters. The molecule has 1 N–H and O–H groups in total. The molecule has 6 heteroatoms. The Hall–Kier alpha value is -1.66. The van der Waals surface area contributed by atoms with Crippen molar-refractivity contribution in [3.8, 4) is 0 Å². The van der Waals surface area contributed by atoms with Gasteiger partial charge in [0.15, 0.2) is 0 Å². The topological polar surface area (TPSA) is 52.2 Å². The third kappa shape index (κ3) is 3.58. The lowest BCUT2D eigenvalue weighted by atomic mass is 10.1. The van der Waals surface area contributed by atoms with Gasteiger partial charge in [0.1, 0.15) is 0 Å². The van der Waals surface area contributed by atoms with Gasteiger partial charge in [-0.15, -0.1) is 11.3 Å². The molecule has 1 amide bonds. The maximum absolute atomic E-state index is 12.9. The number of H-pyrrole nitrogens is 1. The molecule has 0 aromatic carbocycles. The number of thiophene rings is 1. The molecule has 2 aliphatic rings. The first kappa shape index (κ1) is 17.7. The van der Waals surface area contributed by atoms with E-state index in [0.717, 1.165) is 23.4 Å². The first-order chi connectivity index (χ1) is 12.8. The van der Waals surface area contributed by atoms with Gasteiger partial charge in [0.05, 0.1) is 11.1 Å². The summed E-state index contributed by atoms with van der Waals surface area (Å²) in [4.78, 5) is 19.8. The molecule has 0 spiro atoms. The maximum Gasteiger partial charge on any atom is 0.264 e. The molecule has 0 radical (unpaired) electrons. The molecule has 2 aliphatic heterocycles. The molecule has 0 saturated carbocycles. The molecule has 26 heavy (non-hydrogen) atoms. The highest BCUT2D eigenvalue weighted by Crippen LogP contribution is 2.36. The Morgan fingerprint density at radius 2 is 2.27 bits per heavy atom. The van der Waals surface area contributed by atoms with Crippen molar-refractivity contribution >= 4 is 17.2 Å². The number of nitrogens with zero attached hydrogens (tertiary/aromatic N) is 3. The van der Waals surface area contributed by atoms with E-state index in [-0.39, 0.29) is 5.91 Å². The van der Waals surface area contributed by atoms with Crippen LogP contribution < -0.4 is 0 Å². The van der Waals surface area contributed by atoms with E-state index in [1.807, 2.05) is 17.2 Å². The fraction of sp³-hybridized carbons (Fsp3) is 0.600. The standard InChI is InChI=1S/C20H28N4OS/c1-2-3-4-10-23-11-5-6-17(23)18-7-8-19(26-18)20(25)24-12-9-16-15(14-24)13-21-22-16/h7-8,13,17H,2-6,9-12,14H2,1H3,(H,21,22)/t17-/m0/s1. The van der Waals surface area contributed by atoms with Gasteiger partial charge in [-0.2, -0.15) is 5.10 Å². The molecular weight excluding hydrogens is 344 g/mol. The Balaban J connectivity index is 1.42. The van der Waals surface area contributed by atoms with Gasteiger partial charge in [-0.25, -0.2) is 0 Å². The van der Waals surface area contributed by atoms with E-state index < -0.39 is 0 Å². The summed E-state index contributed by atoms with van der Waals surface area (Å²) in [5.41, 5.74) is 2.33. The van der Waals surface area contributed by atoms with Crippen LogP contribution in [0.3, 0.4) is 0 Å². The normalized spacial score (nSPS) is 20.5. The number of aromatic nitrogens is 2. The van der Waals surface area contributed by atoms with E-state index in [1.54, 1.807) is 11.3 Å². The molecule has 0 aliphatic carbocycles. The van der Waals surface area contributed by atoms with Crippen LogP contribution in [0, 0.1) is 0 Å². The second-order valence-corrected chi connectivity index (χ2v) is 8.57. The lowest BCUT2D eigenvalue weighted by Crippen LogP contribution is -2.35. The van der Waals surface area contributed by atoms with Crippen molar-refractivity contribution in [1.82, 2.24) is 20.0 Å². The minimum absolute atomic E-state index is 0.170. The predicted octanol–water partition coefficient (Wildman–Crippen LogP) is 4.00. The van der Waals surface area contributed by atoms with Gasteiger partial charge in [0.2, 0.25) is 0 Å². The van der Waals surface area contributed by atoms with Gasteiger partial charge in [0, 0.05) is 41.7 Å². The molecule has 0 bridgehead atoms. The predicted molar refractivity (Wildman–Crippen MR) is 104 cm³/mol. The number of aromatic amines is 1. The number of fused-ring (bicyclic) bond motifs is 1. The Morgan fingerprint density at radius 1 is 1.35 bits per heavy atom. The lowest BCUT2D eigenvalue weighted by molar-refractivity contribution is 0.0739. The summed E-state index contributed by atoms with van der Waals surface area (Å²) >= 11 is 1.70. The summed E-state index contributed by atoms with van der Waals surface area (Å²) in [6.45, 7) is 6.09. The highest BCUT2D eigenvalue weighted by molar-refractivity contribution is 7.14. The number of amides is 1. The summed E-state index contributed by atoms with van der Waals surface area (Å²) in [6.07, 6.45) is 9.07. The van der Waals surface area contributed by atoms with Crippen LogP contribution in [-0.4, -0.2) is 45.5 Å². The van der Waals surface area contributed by atoms with E-state index in [4.69, 9.17) is 0 Å². The third-order valence-corrected chi connectivity index (χ3v) is 6.84. The van der Waals surface area contributed by atoms with Crippen molar-refractivity contribution < 1.29 is 4.79 Å². The Kier molecular flexibility index (Phi) is 5.41. The number of unbranched alkanes of at least 4 members (excludes halogenated alkanes) is 2. The Morgan fingerprint density at radius 3 is 3.15 bits per heavy atom. The Bertz CT molecular complexity index is 753. The summed E-state index contributed by atoms with van der Waals surface area (Å²) in [7, 11) is 0. The van der Waals surface area contributed by atoms with E-state index in [2.05, 4.69) is 28.1 Å². The van der Waals surface area contributed by atoms with Gasteiger partial charge < -0.3 is 4.90 Å². The molecule has 0 unspecified atom stereocenters. The lowest BCUT2D eigenvalue weighted by Gasteiger charge is -2.26. The van der Waals surface area contributed by atoms with Crippen molar-refractivity contribution in [2.45, 2.75) is 58.0 Å². The van der Waals surface area contributed by atoms with E-state index in [0.29, 0.717) is 12.6 Å². The zero-order valence-corrected chi connectivity index (χ0v) is 16.4. The van der Waals surface area contributed by atoms with Crippen molar-refractivity contribution in [3.05, 3.63) is 39.3 Å². The number of likely N-dealkylation sites (tertiary alicyclic amines) is 1. The van der Waals surface area contributed by atoms with Crippen LogP contribution in [0.4, 0.5) is 0 Å². The molecule has 2 aromatic heterocycles. The average Bonchev–Trinajstić information content (AvgIpc) is 3.40. The van der Waals surface area contributed by atoms with Crippen molar-refractivity contribution in [2.75, 3.05) is 19.6 Å². The van der Waals surface area contributed by atoms with Crippen LogP contribution in [0.5, 0.6) is 0 Å². The highest BCUT2D eigenvalue weighted by atomic mass is 32.1. The zero-order chi connectivity index (χ0) is 17.9. The van der Waals surface area contributed by atoms with Crippen LogP contribution in [0.15, 0.2) is 18.3 Å². The highest BCUT2D eigenvalue weighted by Gasteiger charge is 2.29. The first-order valence-electron chi connectivity index (χ1n) is 9.90. The van der Waals surface area contributed by atoms with Gasteiger partial charge in [-0.1, -0.05) is 19.8 Å². The molecule has 1 fully saturated rings. The van der Waals surface area contributed by atoms with Crippen molar-refractivity contribution in [1.29, 1.82) is 0 Å². The molecule has 4 heterocycles. The zero-order valence-electron chi connectivity index (χ0n) is 15.5. The number of carbonyl (C=O) groups excluding carboxylic acids is 1. The van der Waals surface area contributed by atoms with Gasteiger partial charge in [-0.05, 0) is 44.5 Å². The monoisotopic (exact) mass is 372 g/mol. The number of nitrogens with one attached hydrogen (secondary N) is 1. The first-order valence-corrected chi connectivity index (χ1v) is 10.7. The van der Waals surface area contributed by atoms with E-state index >= 15 is 0 Å². The number of rotatable bonds is 6. The summed E-state index contributed by atoms with van der Waals surface area (Å²) in [5, 5.41) is 7.13. The van der Waals surface area contributed by atoms with E-state index in [9.17, 15) is 4.79 Å². The number of hydrogen-bond donors (Lipinski definition) is 1. The second kappa shape index (κ2) is 7.92. The smallest absolute Gasteiger partial charge is 0.264 e. The SMILES string of the molecule is CCCCCN1CCC[C@H]1c1ccc(C(=O)N2CCc3[nH]ncc3C2)s1.